The van der Waals surface area contributed by atoms with E-state index in [1.807, 2.05) is 11.3 Å². The number of aryl methyl sites for hydroxylation is 1. The number of fused-ring (bicyclic) bond motifs is 1. The Balaban J connectivity index is 1.50. The van der Waals surface area contributed by atoms with Crippen LogP contribution in [0, 0.1) is 0 Å². The summed E-state index contributed by atoms with van der Waals surface area (Å²) in [6, 6.07) is 5.14. The SMILES string of the molecule is CCCn1c(SCC(=O)Nc2cc(Cl)ccc2OC)nnc1-c1csc2c1CCCC2. The highest BCUT2D eigenvalue weighted by Gasteiger charge is 2.22. The number of hydrogen-bond donors (Lipinski definition) is 1. The van der Waals surface area contributed by atoms with Crippen LogP contribution in [0.2, 0.25) is 5.02 Å². The van der Waals surface area contributed by atoms with E-state index in [1.165, 1.54) is 40.6 Å². The quantitative estimate of drug-likeness (QED) is 0.423. The summed E-state index contributed by atoms with van der Waals surface area (Å²) < 4.78 is 7.45. The molecule has 0 aliphatic heterocycles. The number of aromatic nitrogens is 3. The molecule has 1 aliphatic carbocycles. The molecule has 0 saturated carbocycles. The van der Waals surface area contributed by atoms with Crippen LogP contribution in [0.15, 0.2) is 28.7 Å². The Morgan fingerprint density at radius 3 is 2.97 bits per heavy atom. The number of ether oxygens (including phenoxy) is 1. The molecular weight excluding hydrogens is 452 g/mol. The number of thiophene rings is 1. The van der Waals surface area contributed by atoms with Gasteiger partial charge in [-0.05, 0) is 55.9 Å². The Kier molecular flexibility index (Phi) is 7.20. The first-order valence-corrected chi connectivity index (χ1v) is 12.6. The second-order valence-electron chi connectivity index (χ2n) is 7.40. The third-order valence-electron chi connectivity index (χ3n) is 5.23. The number of hydrogen-bond acceptors (Lipinski definition) is 6. The van der Waals surface area contributed by atoms with Crippen LogP contribution >= 0.6 is 34.7 Å². The lowest BCUT2D eigenvalue weighted by Gasteiger charge is -2.14. The highest BCUT2D eigenvalue weighted by Crippen LogP contribution is 2.37. The van der Waals surface area contributed by atoms with Gasteiger partial charge in [-0.3, -0.25) is 4.79 Å². The van der Waals surface area contributed by atoms with Gasteiger partial charge in [0.1, 0.15) is 5.75 Å². The van der Waals surface area contributed by atoms with Crippen LogP contribution in [-0.4, -0.2) is 33.5 Å². The molecule has 1 aliphatic rings. The normalized spacial score (nSPS) is 13.1. The van der Waals surface area contributed by atoms with Gasteiger partial charge < -0.3 is 14.6 Å². The second kappa shape index (κ2) is 10.1. The molecule has 9 heteroatoms. The number of methoxy groups -OCH3 is 1. The van der Waals surface area contributed by atoms with Crippen molar-refractivity contribution in [2.75, 3.05) is 18.2 Å². The number of halogens is 1. The van der Waals surface area contributed by atoms with E-state index in [9.17, 15) is 4.79 Å². The molecule has 1 aromatic carbocycles. The summed E-state index contributed by atoms with van der Waals surface area (Å²) in [6.45, 7) is 2.96. The van der Waals surface area contributed by atoms with E-state index in [2.05, 4.69) is 32.4 Å². The summed E-state index contributed by atoms with van der Waals surface area (Å²) in [7, 11) is 1.56. The zero-order valence-electron chi connectivity index (χ0n) is 17.6. The Hall–Kier alpha value is -2.03. The topological polar surface area (TPSA) is 69.0 Å². The minimum atomic E-state index is -0.147. The maximum Gasteiger partial charge on any atom is 0.234 e. The third kappa shape index (κ3) is 4.91. The summed E-state index contributed by atoms with van der Waals surface area (Å²) in [5.41, 5.74) is 3.20. The van der Waals surface area contributed by atoms with Crippen molar-refractivity contribution in [1.82, 2.24) is 14.8 Å². The molecule has 1 amide bonds. The molecule has 2 heterocycles. The fourth-order valence-corrected chi connectivity index (χ4v) is 5.86. The minimum absolute atomic E-state index is 0.147. The lowest BCUT2D eigenvalue weighted by atomic mass is 9.95. The second-order valence-corrected chi connectivity index (χ2v) is 9.74. The summed E-state index contributed by atoms with van der Waals surface area (Å²) in [4.78, 5) is 14.1. The maximum atomic E-state index is 12.6. The molecule has 6 nitrogen and oxygen atoms in total. The molecule has 0 fully saturated rings. The average Bonchev–Trinajstić information content (AvgIpc) is 3.36. The predicted molar refractivity (Wildman–Crippen MR) is 128 cm³/mol. The zero-order valence-corrected chi connectivity index (χ0v) is 20.0. The van der Waals surface area contributed by atoms with Crippen molar-refractivity contribution in [2.45, 2.75) is 50.7 Å². The van der Waals surface area contributed by atoms with E-state index in [1.54, 1.807) is 25.3 Å². The summed E-state index contributed by atoms with van der Waals surface area (Å²) in [5.74, 6) is 1.56. The van der Waals surface area contributed by atoms with Crippen molar-refractivity contribution in [3.63, 3.8) is 0 Å². The Morgan fingerprint density at radius 1 is 1.32 bits per heavy atom. The molecule has 0 radical (unpaired) electrons. The fourth-order valence-electron chi connectivity index (χ4n) is 3.80. The van der Waals surface area contributed by atoms with Gasteiger partial charge in [-0.2, -0.15) is 0 Å². The van der Waals surface area contributed by atoms with E-state index < -0.39 is 0 Å². The van der Waals surface area contributed by atoms with Gasteiger partial charge in [0, 0.05) is 27.4 Å². The molecule has 0 atom stereocenters. The van der Waals surface area contributed by atoms with Crippen molar-refractivity contribution in [1.29, 1.82) is 0 Å². The van der Waals surface area contributed by atoms with Crippen molar-refractivity contribution in [2.24, 2.45) is 0 Å². The van der Waals surface area contributed by atoms with Crippen molar-refractivity contribution < 1.29 is 9.53 Å². The smallest absolute Gasteiger partial charge is 0.234 e. The molecular formula is C22H25ClN4O2S2. The molecule has 164 valence electrons. The molecule has 31 heavy (non-hydrogen) atoms. The molecule has 0 bridgehead atoms. The Bertz CT molecular complexity index is 1080. The lowest BCUT2D eigenvalue weighted by molar-refractivity contribution is -0.113. The van der Waals surface area contributed by atoms with Gasteiger partial charge in [0.05, 0.1) is 18.6 Å². The van der Waals surface area contributed by atoms with E-state index in [4.69, 9.17) is 16.3 Å². The molecule has 2 aromatic heterocycles. The molecule has 1 N–H and O–H groups in total. The highest BCUT2D eigenvalue weighted by atomic mass is 35.5. The molecule has 0 spiro atoms. The van der Waals surface area contributed by atoms with Gasteiger partial charge in [-0.15, -0.1) is 21.5 Å². The molecule has 4 rings (SSSR count). The van der Waals surface area contributed by atoms with Crippen LogP contribution in [0.4, 0.5) is 5.69 Å². The van der Waals surface area contributed by atoms with E-state index in [0.717, 1.165) is 36.8 Å². The van der Waals surface area contributed by atoms with E-state index in [0.29, 0.717) is 16.5 Å². The Labute approximate surface area is 195 Å². The predicted octanol–water partition coefficient (Wildman–Crippen LogP) is 5.69. The molecule has 0 saturated heterocycles. The van der Waals surface area contributed by atoms with Crippen LogP contribution in [0.3, 0.4) is 0 Å². The van der Waals surface area contributed by atoms with Crippen molar-refractivity contribution >= 4 is 46.3 Å². The first kappa shape index (κ1) is 22.2. The number of thioether (sulfide) groups is 1. The number of amides is 1. The monoisotopic (exact) mass is 476 g/mol. The van der Waals surface area contributed by atoms with Gasteiger partial charge >= 0.3 is 0 Å². The van der Waals surface area contributed by atoms with Gasteiger partial charge in [0.15, 0.2) is 11.0 Å². The number of carbonyl (C=O) groups excluding carboxylic acids is 1. The first-order valence-electron chi connectivity index (χ1n) is 10.4. The molecule has 3 aromatic rings. The van der Waals surface area contributed by atoms with Crippen LogP contribution in [0.25, 0.3) is 11.4 Å². The van der Waals surface area contributed by atoms with Crippen LogP contribution in [-0.2, 0) is 24.2 Å². The average molecular weight is 477 g/mol. The maximum absolute atomic E-state index is 12.6. The lowest BCUT2D eigenvalue weighted by Crippen LogP contribution is -2.15. The van der Waals surface area contributed by atoms with Crippen LogP contribution in [0.5, 0.6) is 5.75 Å². The number of carbonyl (C=O) groups is 1. The van der Waals surface area contributed by atoms with Gasteiger partial charge in [0.25, 0.3) is 0 Å². The van der Waals surface area contributed by atoms with Gasteiger partial charge in [0.2, 0.25) is 5.91 Å². The first-order chi connectivity index (χ1) is 15.1. The third-order valence-corrected chi connectivity index (χ3v) is 7.52. The zero-order chi connectivity index (χ0) is 21.8. The summed E-state index contributed by atoms with van der Waals surface area (Å²) in [5, 5.41) is 15.3. The van der Waals surface area contributed by atoms with E-state index >= 15 is 0 Å². The molecule has 0 unspecified atom stereocenters. The van der Waals surface area contributed by atoms with Crippen LogP contribution in [0.1, 0.15) is 36.6 Å². The van der Waals surface area contributed by atoms with Crippen molar-refractivity contribution in [3.05, 3.63) is 39.0 Å². The summed E-state index contributed by atoms with van der Waals surface area (Å²) in [6.07, 6.45) is 5.74. The standard InChI is InChI=1S/C22H25ClN4O2S2/c1-3-10-27-21(16-12-30-19-7-5-4-6-15(16)19)25-26-22(27)31-13-20(28)24-17-11-14(23)8-9-18(17)29-2/h8-9,11-12H,3-7,10,13H2,1-2H3,(H,24,28). The van der Waals surface area contributed by atoms with Crippen molar-refractivity contribution in [3.8, 4) is 17.1 Å². The minimum Gasteiger partial charge on any atom is -0.495 e. The fraction of sp³-hybridized carbons (Fsp3) is 0.409. The van der Waals surface area contributed by atoms with E-state index in [-0.39, 0.29) is 11.7 Å². The highest BCUT2D eigenvalue weighted by molar-refractivity contribution is 7.99. The number of nitrogens with zero attached hydrogens (tertiary/aromatic N) is 3. The number of rotatable bonds is 8. The number of anilines is 1. The Morgan fingerprint density at radius 2 is 2.16 bits per heavy atom. The van der Waals surface area contributed by atoms with Gasteiger partial charge in [-0.25, -0.2) is 0 Å². The van der Waals surface area contributed by atoms with Gasteiger partial charge in [-0.1, -0.05) is 30.3 Å². The summed E-state index contributed by atoms with van der Waals surface area (Å²) >= 11 is 9.28. The number of nitrogens with one attached hydrogen (secondary N) is 1. The van der Waals surface area contributed by atoms with Crippen LogP contribution < -0.4 is 10.1 Å². The largest absolute Gasteiger partial charge is 0.495 e. The number of benzene rings is 1.